The number of methoxy groups -OCH3 is 2. The molecule has 0 atom stereocenters. The van der Waals surface area contributed by atoms with Crippen molar-refractivity contribution in [2.45, 2.75) is 37.8 Å². The third kappa shape index (κ3) is 4.77. The molecule has 1 aliphatic carbocycles. The van der Waals surface area contributed by atoms with Gasteiger partial charge in [-0.25, -0.2) is 0 Å². The largest absolute Gasteiger partial charge is 0.497 e. The molecule has 1 aliphatic rings. The normalized spacial score (nSPS) is 21.6. The van der Waals surface area contributed by atoms with Crippen molar-refractivity contribution < 1.29 is 19.4 Å². The van der Waals surface area contributed by atoms with E-state index in [1.807, 2.05) is 12.1 Å². The Kier molecular flexibility index (Phi) is 5.83. The van der Waals surface area contributed by atoms with Crippen LogP contribution in [0.3, 0.4) is 0 Å². The smallest absolute Gasteiger partial charge is 0.244 e. The number of rotatable bonds is 5. The Labute approximate surface area is 130 Å². The van der Waals surface area contributed by atoms with E-state index in [0.29, 0.717) is 11.5 Å². The Morgan fingerprint density at radius 2 is 1.73 bits per heavy atom. The third-order valence-electron chi connectivity index (χ3n) is 3.84. The first-order valence-corrected chi connectivity index (χ1v) is 7.50. The summed E-state index contributed by atoms with van der Waals surface area (Å²) >= 11 is 0. The van der Waals surface area contributed by atoms with Gasteiger partial charge in [-0.15, -0.1) is 0 Å². The third-order valence-corrected chi connectivity index (χ3v) is 3.84. The molecule has 0 heterocycles. The standard InChI is InChI=1S/C17H23NO4/c1-21-15-9-12(10-16(11-15)22-2)3-8-17(20)18-13-4-6-14(19)7-5-13/h3,8-11,13-14,19H,4-7H2,1-2H3,(H,18,20)/b8-3+. The summed E-state index contributed by atoms with van der Waals surface area (Å²) in [5, 5.41) is 12.4. The van der Waals surface area contributed by atoms with Gasteiger partial charge in [0.15, 0.2) is 0 Å². The molecule has 0 aromatic heterocycles. The van der Waals surface area contributed by atoms with Crippen LogP contribution in [0, 0.1) is 0 Å². The molecule has 2 N–H and O–H groups in total. The molecule has 5 heteroatoms. The molecule has 2 rings (SSSR count). The first kappa shape index (κ1) is 16.4. The van der Waals surface area contributed by atoms with Crippen molar-refractivity contribution in [2.24, 2.45) is 0 Å². The number of carbonyl (C=O) groups is 1. The van der Waals surface area contributed by atoms with E-state index in [9.17, 15) is 9.90 Å². The number of ether oxygens (including phenoxy) is 2. The Balaban J connectivity index is 1.94. The SMILES string of the molecule is COc1cc(/C=C/C(=O)NC2CCC(O)CC2)cc(OC)c1. The molecule has 1 saturated carbocycles. The predicted octanol–water partition coefficient (Wildman–Crippen LogP) is 2.14. The van der Waals surface area contributed by atoms with E-state index in [1.54, 1.807) is 26.4 Å². The zero-order valence-electron chi connectivity index (χ0n) is 13.0. The summed E-state index contributed by atoms with van der Waals surface area (Å²) in [5.74, 6) is 1.24. The second-order valence-corrected chi connectivity index (χ2v) is 5.49. The Morgan fingerprint density at radius 3 is 2.27 bits per heavy atom. The number of hydrogen-bond acceptors (Lipinski definition) is 4. The quantitative estimate of drug-likeness (QED) is 0.818. The van der Waals surface area contributed by atoms with Crippen molar-refractivity contribution in [3.05, 3.63) is 29.8 Å². The molecule has 1 fully saturated rings. The highest BCUT2D eigenvalue weighted by atomic mass is 16.5. The van der Waals surface area contributed by atoms with Gasteiger partial charge >= 0.3 is 0 Å². The number of aliphatic hydroxyl groups is 1. The van der Waals surface area contributed by atoms with Gasteiger partial charge in [-0.2, -0.15) is 0 Å². The molecular weight excluding hydrogens is 282 g/mol. The van der Waals surface area contributed by atoms with Crippen LogP contribution < -0.4 is 14.8 Å². The molecular formula is C17H23NO4. The lowest BCUT2D eigenvalue weighted by molar-refractivity contribution is -0.117. The first-order chi connectivity index (χ1) is 10.6. The zero-order chi connectivity index (χ0) is 15.9. The van der Waals surface area contributed by atoms with Crippen molar-refractivity contribution in [1.82, 2.24) is 5.32 Å². The molecule has 120 valence electrons. The van der Waals surface area contributed by atoms with Crippen LogP contribution in [0.4, 0.5) is 0 Å². The van der Waals surface area contributed by atoms with Gasteiger partial charge in [-0.1, -0.05) is 0 Å². The van der Waals surface area contributed by atoms with Gasteiger partial charge in [0.2, 0.25) is 5.91 Å². The fourth-order valence-corrected chi connectivity index (χ4v) is 2.57. The van der Waals surface area contributed by atoms with Crippen LogP contribution in [0.5, 0.6) is 11.5 Å². The molecule has 1 aromatic carbocycles. The average Bonchev–Trinajstić information content (AvgIpc) is 2.54. The van der Waals surface area contributed by atoms with Crippen molar-refractivity contribution >= 4 is 12.0 Å². The van der Waals surface area contributed by atoms with E-state index in [1.165, 1.54) is 6.08 Å². The van der Waals surface area contributed by atoms with E-state index < -0.39 is 0 Å². The van der Waals surface area contributed by atoms with Crippen LogP contribution in [0.1, 0.15) is 31.2 Å². The van der Waals surface area contributed by atoms with Crippen LogP contribution in [-0.4, -0.2) is 37.4 Å². The van der Waals surface area contributed by atoms with Gasteiger partial charge in [0.25, 0.3) is 0 Å². The number of nitrogens with one attached hydrogen (secondary N) is 1. The van der Waals surface area contributed by atoms with Crippen LogP contribution in [0.2, 0.25) is 0 Å². The zero-order valence-corrected chi connectivity index (χ0v) is 13.0. The molecule has 0 radical (unpaired) electrons. The number of benzene rings is 1. The lowest BCUT2D eigenvalue weighted by Crippen LogP contribution is -2.37. The molecule has 5 nitrogen and oxygen atoms in total. The van der Waals surface area contributed by atoms with Crippen molar-refractivity contribution in [2.75, 3.05) is 14.2 Å². The highest BCUT2D eigenvalue weighted by molar-refractivity contribution is 5.92. The molecule has 0 aliphatic heterocycles. The molecule has 1 aromatic rings. The summed E-state index contributed by atoms with van der Waals surface area (Å²) < 4.78 is 10.4. The van der Waals surface area contributed by atoms with Gasteiger partial charge in [-0.05, 0) is 49.5 Å². The van der Waals surface area contributed by atoms with Crippen LogP contribution in [-0.2, 0) is 4.79 Å². The summed E-state index contributed by atoms with van der Waals surface area (Å²) in [6.07, 6.45) is 6.19. The topological polar surface area (TPSA) is 67.8 Å². The first-order valence-electron chi connectivity index (χ1n) is 7.50. The predicted molar refractivity (Wildman–Crippen MR) is 85.0 cm³/mol. The summed E-state index contributed by atoms with van der Waals surface area (Å²) in [7, 11) is 3.18. The second kappa shape index (κ2) is 7.84. The van der Waals surface area contributed by atoms with Gasteiger partial charge in [0, 0.05) is 18.2 Å². The van der Waals surface area contributed by atoms with Gasteiger partial charge in [-0.3, -0.25) is 4.79 Å². The van der Waals surface area contributed by atoms with Gasteiger partial charge < -0.3 is 19.9 Å². The molecule has 22 heavy (non-hydrogen) atoms. The number of carbonyl (C=O) groups excluding carboxylic acids is 1. The summed E-state index contributed by atoms with van der Waals surface area (Å²) in [6.45, 7) is 0. The lowest BCUT2D eigenvalue weighted by atomic mass is 9.93. The average molecular weight is 305 g/mol. The van der Waals surface area contributed by atoms with Gasteiger partial charge in [0.1, 0.15) is 11.5 Å². The monoisotopic (exact) mass is 305 g/mol. The highest BCUT2D eigenvalue weighted by Crippen LogP contribution is 2.23. The molecule has 0 saturated heterocycles. The summed E-state index contributed by atoms with van der Waals surface area (Å²) in [6, 6.07) is 5.61. The number of hydrogen-bond donors (Lipinski definition) is 2. The fourth-order valence-electron chi connectivity index (χ4n) is 2.57. The minimum atomic E-state index is -0.215. The lowest BCUT2D eigenvalue weighted by Gasteiger charge is -2.25. The second-order valence-electron chi connectivity index (χ2n) is 5.49. The number of amides is 1. The maximum absolute atomic E-state index is 12.0. The van der Waals surface area contributed by atoms with Crippen LogP contribution in [0.25, 0.3) is 6.08 Å². The van der Waals surface area contributed by atoms with Crippen molar-refractivity contribution in [3.8, 4) is 11.5 Å². The Bertz CT molecular complexity index is 511. The summed E-state index contributed by atoms with van der Waals surface area (Å²) in [5.41, 5.74) is 0.838. The maximum atomic E-state index is 12.0. The maximum Gasteiger partial charge on any atom is 0.244 e. The van der Waals surface area contributed by atoms with Gasteiger partial charge in [0.05, 0.1) is 20.3 Å². The molecule has 0 spiro atoms. The van der Waals surface area contributed by atoms with E-state index in [0.717, 1.165) is 31.2 Å². The van der Waals surface area contributed by atoms with E-state index in [2.05, 4.69) is 5.32 Å². The van der Waals surface area contributed by atoms with Crippen LogP contribution in [0.15, 0.2) is 24.3 Å². The molecule has 0 unspecified atom stereocenters. The minimum Gasteiger partial charge on any atom is -0.497 e. The molecule has 1 amide bonds. The van der Waals surface area contributed by atoms with E-state index >= 15 is 0 Å². The van der Waals surface area contributed by atoms with E-state index in [-0.39, 0.29) is 18.1 Å². The number of aliphatic hydroxyl groups excluding tert-OH is 1. The van der Waals surface area contributed by atoms with Crippen LogP contribution >= 0.6 is 0 Å². The Morgan fingerprint density at radius 1 is 1.14 bits per heavy atom. The molecule has 0 bridgehead atoms. The fraction of sp³-hybridized carbons (Fsp3) is 0.471. The van der Waals surface area contributed by atoms with E-state index in [4.69, 9.17) is 9.47 Å². The highest BCUT2D eigenvalue weighted by Gasteiger charge is 2.19. The van der Waals surface area contributed by atoms with Crippen molar-refractivity contribution in [3.63, 3.8) is 0 Å². The minimum absolute atomic E-state index is 0.122. The Hall–Kier alpha value is -2.01. The summed E-state index contributed by atoms with van der Waals surface area (Å²) in [4.78, 5) is 12.0. The van der Waals surface area contributed by atoms with Crippen molar-refractivity contribution in [1.29, 1.82) is 0 Å².